The SMILES string of the molecule is C#CCN(c1ccc(Cl)cc1)S(=O)(=O)c1ccc(C)cc1. The first-order valence-corrected chi connectivity index (χ1v) is 8.05. The summed E-state index contributed by atoms with van der Waals surface area (Å²) in [4.78, 5) is 0.207. The summed E-state index contributed by atoms with van der Waals surface area (Å²) >= 11 is 5.83. The lowest BCUT2D eigenvalue weighted by Gasteiger charge is -2.22. The van der Waals surface area contributed by atoms with Gasteiger partial charge < -0.3 is 0 Å². The highest BCUT2D eigenvalue weighted by molar-refractivity contribution is 7.92. The largest absolute Gasteiger partial charge is 0.265 e. The van der Waals surface area contributed by atoms with Crippen LogP contribution in [0, 0.1) is 19.3 Å². The Kier molecular flexibility index (Phi) is 4.56. The maximum atomic E-state index is 12.7. The third-order valence-corrected chi connectivity index (χ3v) is 5.00. The van der Waals surface area contributed by atoms with Crippen molar-refractivity contribution < 1.29 is 8.42 Å². The third kappa shape index (κ3) is 3.38. The van der Waals surface area contributed by atoms with E-state index in [1.54, 1.807) is 48.5 Å². The van der Waals surface area contributed by atoms with E-state index in [9.17, 15) is 8.42 Å². The minimum atomic E-state index is -3.70. The Balaban J connectivity index is 2.48. The van der Waals surface area contributed by atoms with Crippen molar-refractivity contribution in [2.45, 2.75) is 11.8 Å². The zero-order valence-electron chi connectivity index (χ0n) is 11.5. The molecule has 0 aliphatic carbocycles. The lowest BCUT2D eigenvalue weighted by Crippen LogP contribution is -2.31. The maximum Gasteiger partial charge on any atom is 0.265 e. The molecule has 0 radical (unpaired) electrons. The van der Waals surface area contributed by atoms with Gasteiger partial charge in [0.2, 0.25) is 0 Å². The fourth-order valence-electron chi connectivity index (χ4n) is 1.84. The Morgan fingerprint density at radius 1 is 1.10 bits per heavy atom. The summed E-state index contributed by atoms with van der Waals surface area (Å²) in [6.07, 6.45) is 5.31. The number of benzene rings is 2. The van der Waals surface area contributed by atoms with Gasteiger partial charge in [0.25, 0.3) is 10.0 Å². The van der Waals surface area contributed by atoms with Crippen LogP contribution in [0.4, 0.5) is 5.69 Å². The van der Waals surface area contributed by atoms with Gasteiger partial charge in [-0.25, -0.2) is 8.42 Å². The first-order chi connectivity index (χ1) is 9.95. The molecule has 0 bridgehead atoms. The van der Waals surface area contributed by atoms with Gasteiger partial charge in [0.1, 0.15) is 0 Å². The van der Waals surface area contributed by atoms with Gasteiger partial charge in [-0.2, -0.15) is 0 Å². The van der Waals surface area contributed by atoms with Crippen LogP contribution >= 0.6 is 11.6 Å². The van der Waals surface area contributed by atoms with Crippen LogP contribution in [0.2, 0.25) is 5.02 Å². The molecule has 0 spiro atoms. The number of sulfonamides is 1. The van der Waals surface area contributed by atoms with Crippen LogP contribution in [0.15, 0.2) is 53.4 Å². The Morgan fingerprint density at radius 2 is 1.67 bits per heavy atom. The van der Waals surface area contributed by atoms with Crippen molar-refractivity contribution in [2.75, 3.05) is 10.8 Å². The van der Waals surface area contributed by atoms with E-state index in [1.165, 1.54) is 4.31 Å². The fraction of sp³-hybridized carbons (Fsp3) is 0.125. The van der Waals surface area contributed by atoms with Crippen molar-refractivity contribution in [1.82, 2.24) is 0 Å². The molecular weight excluding hydrogens is 306 g/mol. The lowest BCUT2D eigenvalue weighted by atomic mass is 10.2. The van der Waals surface area contributed by atoms with Crippen molar-refractivity contribution in [1.29, 1.82) is 0 Å². The number of nitrogens with zero attached hydrogens (tertiary/aromatic N) is 1. The highest BCUT2D eigenvalue weighted by atomic mass is 35.5. The van der Waals surface area contributed by atoms with E-state index in [-0.39, 0.29) is 11.4 Å². The van der Waals surface area contributed by atoms with Gasteiger partial charge in [-0.1, -0.05) is 35.2 Å². The van der Waals surface area contributed by atoms with Gasteiger partial charge in [-0.15, -0.1) is 6.42 Å². The summed E-state index contributed by atoms with van der Waals surface area (Å²) < 4.78 is 26.6. The standard InChI is InChI=1S/C16H14ClNO2S/c1-3-12-18(15-8-6-14(17)7-9-15)21(19,20)16-10-4-13(2)5-11-16/h1,4-11H,12H2,2H3. The summed E-state index contributed by atoms with van der Waals surface area (Å²) in [6.45, 7) is 1.85. The molecule has 0 saturated heterocycles. The third-order valence-electron chi connectivity index (χ3n) is 2.96. The minimum Gasteiger partial charge on any atom is -0.254 e. The van der Waals surface area contributed by atoms with E-state index in [1.807, 2.05) is 6.92 Å². The van der Waals surface area contributed by atoms with Crippen molar-refractivity contribution in [3.8, 4) is 12.3 Å². The second-order valence-corrected chi connectivity index (χ2v) is 6.80. The highest BCUT2D eigenvalue weighted by Crippen LogP contribution is 2.25. The van der Waals surface area contributed by atoms with E-state index >= 15 is 0 Å². The molecule has 0 aliphatic heterocycles. The lowest BCUT2D eigenvalue weighted by molar-refractivity contribution is 0.593. The molecule has 0 fully saturated rings. The molecule has 0 amide bonds. The maximum absolute atomic E-state index is 12.7. The number of halogens is 1. The first kappa shape index (κ1) is 15.4. The summed E-state index contributed by atoms with van der Waals surface area (Å²) in [7, 11) is -3.70. The van der Waals surface area contributed by atoms with Crippen LogP contribution < -0.4 is 4.31 Å². The number of hydrogen-bond acceptors (Lipinski definition) is 2. The number of anilines is 1. The second kappa shape index (κ2) is 6.21. The molecule has 0 atom stereocenters. The topological polar surface area (TPSA) is 37.4 Å². The van der Waals surface area contributed by atoms with Gasteiger partial charge >= 0.3 is 0 Å². The zero-order chi connectivity index (χ0) is 15.5. The second-order valence-electron chi connectivity index (χ2n) is 4.51. The molecular formula is C16H14ClNO2S. The average Bonchev–Trinajstić information content (AvgIpc) is 2.46. The normalized spacial score (nSPS) is 10.9. The summed E-state index contributed by atoms with van der Waals surface area (Å²) in [5.74, 6) is 2.38. The molecule has 2 rings (SSSR count). The molecule has 21 heavy (non-hydrogen) atoms. The van der Waals surface area contributed by atoms with Gasteiger partial charge in [-0.3, -0.25) is 4.31 Å². The van der Waals surface area contributed by atoms with Crippen LogP contribution in [0.25, 0.3) is 0 Å². The predicted octanol–water partition coefficient (Wildman–Crippen LogP) is 3.48. The van der Waals surface area contributed by atoms with Crippen LogP contribution in [0.1, 0.15) is 5.56 Å². The Labute approximate surface area is 130 Å². The van der Waals surface area contributed by atoms with Gasteiger partial charge in [-0.05, 0) is 43.3 Å². The van der Waals surface area contributed by atoms with E-state index < -0.39 is 10.0 Å². The Bertz CT molecular complexity index is 759. The summed E-state index contributed by atoms with van der Waals surface area (Å²) in [5.41, 5.74) is 1.47. The van der Waals surface area contributed by atoms with Crippen LogP contribution in [0.5, 0.6) is 0 Å². The van der Waals surface area contributed by atoms with E-state index in [4.69, 9.17) is 18.0 Å². The number of terminal acetylenes is 1. The predicted molar refractivity (Wildman–Crippen MR) is 86.0 cm³/mol. The molecule has 108 valence electrons. The highest BCUT2D eigenvalue weighted by Gasteiger charge is 2.24. The summed E-state index contributed by atoms with van der Waals surface area (Å²) in [5, 5.41) is 0.534. The van der Waals surface area contributed by atoms with Crippen molar-refractivity contribution in [3.63, 3.8) is 0 Å². The van der Waals surface area contributed by atoms with Crippen LogP contribution in [-0.2, 0) is 10.0 Å². The Hall–Kier alpha value is -1.96. The number of hydrogen-bond donors (Lipinski definition) is 0. The molecule has 0 aromatic heterocycles. The average molecular weight is 320 g/mol. The van der Waals surface area contributed by atoms with Gasteiger partial charge in [0.15, 0.2) is 0 Å². The molecule has 0 aliphatic rings. The molecule has 2 aromatic rings. The number of aryl methyl sites for hydroxylation is 1. The first-order valence-electron chi connectivity index (χ1n) is 6.23. The van der Waals surface area contributed by atoms with Gasteiger partial charge in [0, 0.05) is 5.02 Å². The monoisotopic (exact) mass is 319 g/mol. The van der Waals surface area contributed by atoms with Crippen molar-refractivity contribution in [3.05, 3.63) is 59.1 Å². The quantitative estimate of drug-likeness (QED) is 0.809. The molecule has 0 heterocycles. The summed E-state index contributed by atoms with van der Waals surface area (Å²) in [6, 6.07) is 13.2. The van der Waals surface area contributed by atoms with E-state index in [0.29, 0.717) is 10.7 Å². The van der Waals surface area contributed by atoms with Crippen LogP contribution in [-0.4, -0.2) is 15.0 Å². The zero-order valence-corrected chi connectivity index (χ0v) is 13.0. The fourth-order valence-corrected chi connectivity index (χ4v) is 3.35. The minimum absolute atomic E-state index is 0.0438. The molecule has 3 nitrogen and oxygen atoms in total. The van der Waals surface area contributed by atoms with Crippen molar-refractivity contribution in [2.24, 2.45) is 0 Å². The van der Waals surface area contributed by atoms with Gasteiger partial charge in [0.05, 0.1) is 17.1 Å². The molecule has 0 unspecified atom stereocenters. The smallest absolute Gasteiger partial charge is 0.254 e. The van der Waals surface area contributed by atoms with E-state index in [2.05, 4.69) is 5.92 Å². The number of rotatable bonds is 4. The molecule has 0 N–H and O–H groups in total. The molecule has 0 saturated carbocycles. The van der Waals surface area contributed by atoms with Crippen LogP contribution in [0.3, 0.4) is 0 Å². The molecule has 5 heteroatoms. The van der Waals surface area contributed by atoms with E-state index in [0.717, 1.165) is 5.56 Å². The van der Waals surface area contributed by atoms with Crippen molar-refractivity contribution >= 4 is 27.3 Å². The molecule has 2 aromatic carbocycles. The Morgan fingerprint density at radius 3 is 2.19 bits per heavy atom.